The highest BCUT2D eigenvalue weighted by atomic mass is 16.1. The standard InChI is InChI=1S/C19H20N2O/c1-11-8-12(2)18(13(3)9-11)21-16-7-5-6-15-14(4)10-20-19(22)17(15)16/h5-10,21H,1-4H3,(H,20,22). The molecule has 0 saturated carbocycles. The first kappa shape index (κ1) is 14.4. The Labute approximate surface area is 130 Å². The maximum atomic E-state index is 12.3. The van der Waals surface area contributed by atoms with Gasteiger partial charge in [-0.05, 0) is 55.8 Å². The summed E-state index contributed by atoms with van der Waals surface area (Å²) in [6, 6.07) is 10.2. The predicted molar refractivity (Wildman–Crippen MR) is 93.2 cm³/mol. The Morgan fingerprint density at radius 3 is 2.32 bits per heavy atom. The number of pyridine rings is 1. The molecule has 112 valence electrons. The van der Waals surface area contributed by atoms with E-state index in [1.807, 2.05) is 25.1 Å². The molecule has 0 unspecified atom stereocenters. The monoisotopic (exact) mass is 292 g/mol. The third-order valence-corrected chi connectivity index (χ3v) is 4.07. The first-order chi connectivity index (χ1) is 10.5. The number of fused-ring (bicyclic) bond motifs is 1. The van der Waals surface area contributed by atoms with Gasteiger partial charge in [0, 0.05) is 11.9 Å². The van der Waals surface area contributed by atoms with E-state index >= 15 is 0 Å². The third kappa shape index (κ3) is 2.39. The Bertz CT molecular complexity index is 899. The maximum Gasteiger partial charge on any atom is 0.257 e. The molecule has 3 rings (SSSR count). The average molecular weight is 292 g/mol. The predicted octanol–water partition coefficient (Wildman–Crippen LogP) is 4.51. The van der Waals surface area contributed by atoms with Gasteiger partial charge < -0.3 is 10.3 Å². The van der Waals surface area contributed by atoms with Crippen LogP contribution in [-0.4, -0.2) is 4.98 Å². The SMILES string of the molecule is Cc1cc(C)c(Nc2cccc3c(C)c[nH]c(=O)c23)c(C)c1. The number of benzene rings is 2. The van der Waals surface area contributed by atoms with E-state index in [4.69, 9.17) is 0 Å². The summed E-state index contributed by atoms with van der Waals surface area (Å²) in [6.45, 7) is 8.27. The van der Waals surface area contributed by atoms with Gasteiger partial charge in [0.25, 0.3) is 5.56 Å². The lowest BCUT2D eigenvalue weighted by molar-refractivity contribution is 1.24. The van der Waals surface area contributed by atoms with E-state index in [0.29, 0.717) is 5.39 Å². The van der Waals surface area contributed by atoms with E-state index in [0.717, 1.165) is 22.3 Å². The Hall–Kier alpha value is -2.55. The molecule has 1 heterocycles. The van der Waals surface area contributed by atoms with E-state index in [1.54, 1.807) is 6.20 Å². The lowest BCUT2D eigenvalue weighted by atomic mass is 10.0. The molecule has 0 fully saturated rings. The van der Waals surface area contributed by atoms with Gasteiger partial charge >= 0.3 is 0 Å². The molecule has 22 heavy (non-hydrogen) atoms. The normalized spacial score (nSPS) is 10.9. The van der Waals surface area contributed by atoms with Gasteiger partial charge in [-0.3, -0.25) is 4.79 Å². The maximum absolute atomic E-state index is 12.3. The number of aryl methyl sites for hydroxylation is 4. The van der Waals surface area contributed by atoms with E-state index in [1.165, 1.54) is 16.7 Å². The summed E-state index contributed by atoms with van der Waals surface area (Å²) in [7, 11) is 0. The van der Waals surface area contributed by atoms with Crippen LogP contribution >= 0.6 is 0 Å². The number of hydrogen-bond acceptors (Lipinski definition) is 2. The Morgan fingerprint density at radius 2 is 1.64 bits per heavy atom. The van der Waals surface area contributed by atoms with Crippen LogP contribution < -0.4 is 10.9 Å². The molecule has 0 atom stereocenters. The fourth-order valence-electron chi connectivity index (χ4n) is 3.07. The van der Waals surface area contributed by atoms with Crippen molar-refractivity contribution in [3.05, 3.63) is 69.1 Å². The number of anilines is 2. The number of nitrogens with one attached hydrogen (secondary N) is 2. The minimum Gasteiger partial charge on any atom is -0.354 e. The molecule has 0 spiro atoms. The third-order valence-electron chi connectivity index (χ3n) is 4.07. The Morgan fingerprint density at radius 1 is 0.955 bits per heavy atom. The average Bonchev–Trinajstić information content (AvgIpc) is 2.46. The molecule has 3 heteroatoms. The van der Waals surface area contributed by atoms with Gasteiger partial charge in [0.05, 0.1) is 11.1 Å². The molecule has 0 aliphatic rings. The van der Waals surface area contributed by atoms with Crippen LogP contribution in [-0.2, 0) is 0 Å². The van der Waals surface area contributed by atoms with Crippen molar-refractivity contribution in [2.45, 2.75) is 27.7 Å². The fourth-order valence-corrected chi connectivity index (χ4v) is 3.07. The van der Waals surface area contributed by atoms with E-state index in [9.17, 15) is 4.79 Å². The lowest BCUT2D eigenvalue weighted by Crippen LogP contribution is -2.09. The van der Waals surface area contributed by atoms with Crippen LogP contribution in [0.1, 0.15) is 22.3 Å². The lowest BCUT2D eigenvalue weighted by Gasteiger charge is -2.15. The fraction of sp³-hybridized carbons (Fsp3) is 0.211. The molecule has 3 aromatic rings. The van der Waals surface area contributed by atoms with Crippen molar-refractivity contribution < 1.29 is 0 Å². The molecule has 3 nitrogen and oxygen atoms in total. The van der Waals surface area contributed by atoms with Crippen molar-refractivity contribution in [1.82, 2.24) is 4.98 Å². The quantitative estimate of drug-likeness (QED) is 0.730. The Balaban J connectivity index is 2.21. The second-order valence-electron chi connectivity index (χ2n) is 5.93. The van der Waals surface area contributed by atoms with Crippen LogP contribution in [0.15, 0.2) is 41.3 Å². The molecule has 0 bridgehead atoms. The summed E-state index contributed by atoms with van der Waals surface area (Å²) in [6.07, 6.45) is 1.76. The summed E-state index contributed by atoms with van der Waals surface area (Å²) >= 11 is 0. The van der Waals surface area contributed by atoms with Crippen molar-refractivity contribution in [3.63, 3.8) is 0 Å². The summed E-state index contributed by atoms with van der Waals surface area (Å²) in [5.41, 5.74) is 6.52. The van der Waals surface area contributed by atoms with E-state index in [-0.39, 0.29) is 5.56 Å². The Kier molecular flexibility index (Phi) is 3.49. The second-order valence-corrected chi connectivity index (χ2v) is 5.93. The van der Waals surface area contributed by atoms with Gasteiger partial charge in [0.15, 0.2) is 0 Å². The number of rotatable bonds is 2. The van der Waals surface area contributed by atoms with Crippen molar-refractivity contribution in [2.75, 3.05) is 5.32 Å². The van der Waals surface area contributed by atoms with Gasteiger partial charge in [0.2, 0.25) is 0 Å². The van der Waals surface area contributed by atoms with Crippen LogP contribution in [0, 0.1) is 27.7 Å². The molecule has 0 aliphatic heterocycles. The summed E-state index contributed by atoms with van der Waals surface area (Å²) in [5.74, 6) is 0. The first-order valence-electron chi connectivity index (χ1n) is 7.43. The minimum absolute atomic E-state index is 0.0638. The number of aromatic amines is 1. The molecule has 1 aromatic heterocycles. The zero-order valence-corrected chi connectivity index (χ0v) is 13.4. The zero-order valence-electron chi connectivity index (χ0n) is 13.4. The molecule has 2 N–H and O–H groups in total. The van der Waals surface area contributed by atoms with E-state index in [2.05, 4.69) is 43.2 Å². The van der Waals surface area contributed by atoms with Crippen LogP contribution in [0.4, 0.5) is 11.4 Å². The van der Waals surface area contributed by atoms with Crippen LogP contribution in [0.3, 0.4) is 0 Å². The van der Waals surface area contributed by atoms with Gasteiger partial charge in [-0.15, -0.1) is 0 Å². The zero-order chi connectivity index (χ0) is 15.9. The highest BCUT2D eigenvalue weighted by Gasteiger charge is 2.10. The van der Waals surface area contributed by atoms with Crippen LogP contribution in [0.2, 0.25) is 0 Å². The van der Waals surface area contributed by atoms with Gasteiger partial charge in [-0.2, -0.15) is 0 Å². The summed E-state index contributed by atoms with van der Waals surface area (Å²) in [5, 5.41) is 5.15. The summed E-state index contributed by atoms with van der Waals surface area (Å²) < 4.78 is 0. The smallest absolute Gasteiger partial charge is 0.257 e. The highest BCUT2D eigenvalue weighted by Crippen LogP contribution is 2.29. The van der Waals surface area contributed by atoms with Crippen molar-refractivity contribution >= 4 is 22.1 Å². The molecule has 0 radical (unpaired) electrons. The first-order valence-corrected chi connectivity index (χ1v) is 7.43. The number of aromatic nitrogens is 1. The highest BCUT2D eigenvalue weighted by molar-refractivity contribution is 5.96. The van der Waals surface area contributed by atoms with Crippen LogP contribution in [0.25, 0.3) is 10.8 Å². The van der Waals surface area contributed by atoms with E-state index < -0.39 is 0 Å². The number of H-pyrrole nitrogens is 1. The summed E-state index contributed by atoms with van der Waals surface area (Å²) in [4.78, 5) is 15.1. The molecular weight excluding hydrogens is 272 g/mol. The molecular formula is C19H20N2O. The molecule has 2 aromatic carbocycles. The topological polar surface area (TPSA) is 44.9 Å². The van der Waals surface area contributed by atoms with Gasteiger partial charge in [-0.25, -0.2) is 0 Å². The van der Waals surface area contributed by atoms with Gasteiger partial charge in [-0.1, -0.05) is 29.8 Å². The van der Waals surface area contributed by atoms with Gasteiger partial charge in [0.1, 0.15) is 0 Å². The second kappa shape index (κ2) is 5.34. The number of hydrogen-bond donors (Lipinski definition) is 2. The molecule has 0 amide bonds. The minimum atomic E-state index is -0.0638. The van der Waals surface area contributed by atoms with Crippen molar-refractivity contribution in [3.8, 4) is 0 Å². The largest absolute Gasteiger partial charge is 0.354 e. The van der Waals surface area contributed by atoms with Crippen molar-refractivity contribution in [2.24, 2.45) is 0 Å². The molecule has 0 saturated heterocycles. The van der Waals surface area contributed by atoms with Crippen LogP contribution in [0.5, 0.6) is 0 Å². The van der Waals surface area contributed by atoms with Crippen molar-refractivity contribution in [1.29, 1.82) is 0 Å². The molecule has 0 aliphatic carbocycles.